The second-order valence-electron chi connectivity index (χ2n) is 8.13. The van der Waals surface area contributed by atoms with Crippen LogP contribution in [0.2, 0.25) is 0 Å². The highest BCUT2D eigenvalue weighted by Gasteiger charge is 2.65. The van der Waals surface area contributed by atoms with Gasteiger partial charge in [-0.05, 0) is 26.0 Å². The van der Waals surface area contributed by atoms with Crippen molar-refractivity contribution < 1.29 is 41.0 Å². The van der Waals surface area contributed by atoms with Crippen molar-refractivity contribution in [3.8, 4) is 5.75 Å². The summed E-state index contributed by atoms with van der Waals surface area (Å²) in [4.78, 5) is 28.5. The number of primary amides is 1. The number of hydrogen-bond donors (Lipinski definition) is 2. The Morgan fingerprint density at radius 1 is 1.24 bits per heavy atom. The predicted molar refractivity (Wildman–Crippen MR) is 110 cm³/mol. The summed E-state index contributed by atoms with van der Waals surface area (Å²) >= 11 is 0. The summed E-state index contributed by atoms with van der Waals surface area (Å²) in [7, 11) is 1.03. The number of carbonyl (C=O) groups is 2. The predicted octanol–water partition coefficient (Wildman–Crippen LogP) is 3.85. The van der Waals surface area contributed by atoms with E-state index < -0.39 is 58.9 Å². The molecule has 3 rings (SSSR count). The standard InChI is InChI=1S/C22H22F5N3O4/c1-9-13(7-8-29-16(9)19(28)31)30-20(32)18-14(10(2)21(3,34-18)22(25,26)27)11-5-6-12(23)15(24)17(11)33-4/h5-8,10,14,18H,1-4H3,(H2,28,31)(H,29,30,32)/t10-,14-,18+,21-/m1/s1. The first kappa shape index (κ1) is 25.3. The van der Waals surface area contributed by atoms with Crippen molar-refractivity contribution in [3.05, 3.63) is 52.9 Å². The first-order valence-electron chi connectivity index (χ1n) is 10.1. The normalized spacial score (nSPS) is 24.7. The van der Waals surface area contributed by atoms with E-state index in [9.17, 15) is 31.5 Å². The molecule has 0 saturated carbocycles. The fraction of sp³-hybridized carbons (Fsp3) is 0.409. The number of halogens is 5. The summed E-state index contributed by atoms with van der Waals surface area (Å²) in [6.07, 6.45) is -5.47. The van der Waals surface area contributed by atoms with Crippen molar-refractivity contribution in [2.24, 2.45) is 11.7 Å². The fourth-order valence-electron chi connectivity index (χ4n) is 4.16. The van der Waals surface area contributed by atoms with Crippen molar-refractivity contribution >= 4 is 17.5 Å². The van der Waals surface area contributed by atoms with Crippen LogP contribution in [0.1, 0.15) is 41.4 Å². The highest BCUT2D eigenvalue weighted by molar-refractivity contribution is 5.99. The summed E-state index contributed by atoms with van der Waals surface area (Å²) < 4.78 is 80.4. The lowest BCUT2D eigenvalue weighted by Gasteiger charge is -2.32. The number of alkyl halides is 3. The Kier molecular flexibility index (Phi) is 6.57. The van der Waals surface area contributed by atoms with E-state index in [0.29, 0.717) is 0 Å². The summed E-state index contributed by atoms with van der Waals surface area (Å²) in [5, 5.41) is 2.43. The maximum absolute atomic E-state index is 14.4. The third-order valence-corrected chi connectivity index (χ3v) is 6.27. The molecule has 1 aliphatic rings. The second kappa shape index (κ2) is 8.82. The molecule has 7 nitrogen and oxygen atoms in total. The van der Waals surface area contributed by atoms with Gasteiger partial charge in [0.05, 0.1) is 7.11 Å². The number of benzene rings is 1. The molecule has 0 radical (unpaired) electrons. The van der Waals surface area contributed by atoms with Crippen LogP contribution < -0.4 is 15.8 Å². The molecule has 34 heavy (non-hydrogen) atoms. The molecule has 184 valence electrons. The first-order valence-corrected chi connectivity index (χ1v) is 10.1. The van der Waals surface area contributed by atoms with Crippen molar-refractivity contribution in [3.63, 3.8) is 0 Å². The van der Waals surface area contributed by atoms with E-state index in [-0.39, 0.29) is 22.5 Å². The molecule has 4 atom stereocenters. The lowest BCUT2D eigenvalue weighted by atomic mass is 9.77. The number of nitrogens with two attached hydrogens (primary N) is 1. The topological polar surface area (TPSA) is 104 Å². The fourth-order valence-corrected chi connectivity index (χ4v) is 4.16. The summed E-state index contributed by atoms with van der Waals surface area (Å²) in [6, 6.07) is 3.13. The molecule has 2 aromatic rings. The van der Waals surface area contributed by atoms with Crippen molar-refractivity contribution in [2.75, 3.05) is 12.4 Å². The Morgan fingerprint density at radius 3 is 2.44 bits per heavy atom. The molecule has 2 heterocycles. The molecule has 0 bridgehead atoms. The van der Waals surface area contributed by atoms with Gasteiger partial charge in [0.1, 0.15) is 11.8 Å². The molecule has 1 aromatic carbocycles. The zero-order valence-corrected chi connectivity index (χ0v) is 18.6. The molecule has 1 fully saturated rings. The van der Waals surface area contributed by atoms with Gasteiger partial charge >= 0.3 is 6.18 Å². The molecular formula is C22H22F5N3O4. The molecule has 1 saturated heterocycles. The first-order chi connectivity index (χ1) is 15.7. The Morgan fingerprint density at radius 2 is 1.88 bits per heavy atom. The third kappa shape index (κ3) is 4.06. The lowest BCUT2D eigenvalue weighted by molar-refractivity contribution is -0.272. The van der Waals surface area contributed by atoms with E-state index in [1.165, 1.54) is 26.1 Å². The van der Waals surface area contributed by atoms with Crippen LogP contribution in [0.5, 0.6) is 5.75 Å². The number of nitrogens with one attached hydrogen (secondary N) is 1. The van der Waals surface area contributed by atoms with Crippen LogP contribution in [0, 0.1) is 24.5 Å². The monoisotopic (exact) mass is 487 g/mol. The maximum Gasteiger partial charge on any atom is 0.417 e. The van der Waals surface area contributed by atoms with E-state index in [2.05, 4.69) is 10.3 Å². The number of anilines is 1. The minimum Gasteiger partial charge on any atom is -0.493 e. The van der Waals surface area contributed by atoms with Crippen LogP contribution in [-0.2, 0) is 9.53 Å². The number of methoxy groups -OCH3 is 1. The van der Waals surface area contributed by atoms with Gasteiger partial charge in [-0.15, -0.1) is 0 Å². The summed E-state index contributed by atoms with van der Waals surface area (Å²) in [6.45, 7) is 3.43. The van der Waals surface area contributed by atoms with Crippen LogP contribution in [-0.4, -0.2) is 41.8 Å². The van der Waals surface area contributed by atoms with Crippen molar-refractivity contribution in [2.45, 2.75) is 44.6 Å². The van der Waals surface area contributed by atoms with Crippen molar-refractivity contribution in [1.82, 2.24) is 4.98 Å². The molecule has 12 heteroatoms. The minimum absolute atomic E-state index is 0.0710. The summed E-state index contributed by atoms with van der Waals surface area (Å²) in [5.41, 5.74) is 2.42. The lowest BCUT2D eigenvalue weighted by Crippen LogP contribution is -2.47. The number of aromatic nitrogens is 1. The Bertz CT molecular complexity index is 1140. The van der Waals surface area contributed by atoms with Gasteiger partial charge in [0.25, 0.3) is 11.8 Å². The largest absolute Gasteiger partial charge is 0.493 e. The van der Waals surface area contributed by atoms with Crippen LogP contribution >= 0.6 is 0 Å². The number of ether oxygens (including phenoxy) is 2. The number of amides is 2. The van der Waals surface area contributed by atoms with Gasteiger partial charge in [0, 0.05) is 34.8 Å². The molecular weight excluding hydrogens is 465 g/mol. The number of nitrogens with zero attached hydrogens (tertiary/aromatic N) is 1. The second-order valence-corrected chi connectivity index (χ2v) is 8.13. The van der Waals surface area contributed by atoms with Gasteiger partial charge in [-0.3, -0.25) is 14.6 Å². The number of rotatable bonds is 5. The highest BCUT2D eigenvalue weighted by atomic mass is 19.4. The smallest absolute Gasteiger partial charge is 0.417 e. The van der Waals surface area contributed by atoms with E-state index in [1.807, 2.05) is 0 Å². The molecule has 1 aromatic heterocycles. The number of carbonyl (C=O) groups excluding carboxylic acids is 2. The van der Waals surface area contributed by atoms with Gasteiger partial charge in [-0.25, -0.2) is 4.39 Å². The molecule has 0 spiro atoms. The maximum atomic E-state index is 14.4. The van der Waals surface area contributed by atoms with E-state index >= 15 is 0 Å². The van der Waals surface area contributed by atoms with Crippen LogP contribution in [0.25, 0.3) is 0 Å². The van der Waals surface area contributed by atoms with Crippen LogP contribution in [0.4, 0.5) is 27.6 Å². The minimum atomic E-state index is -4.89. The van der Waals surface area contributed by atoms with Gasteiger partial charge < -0.3 is 20.5 Å². The molecule has 3 N–H and O–H groups in total. The van der Waals surface area contributed by atoms with E-state index in [0.717, 1.165) is 26.2 Å². The molecule has 2 amide bonds. The average Bonchev–Trinajstić information content (AvgIpc) is 3.03. The van der Waals surface area contributed by atoms with Crippen LogP contribution in [0.15, 0.2) is 24.4 Å². The summed E-state index contributed by atoms with van der Waals surface area (Å²) in [5.74, 6) is -7.92. The molecule has 0 aliphatic carbocycles. The van der Waals surface area contributed by atoms with Gasteiger partial charge in [0.15, 0.2) is 17.2 Å². The molecule has 0 unspecified atom stereocenters. The highest BCUT2D eigenvalue weighted by Crippen LogP contribution is 2.55. The third-order valence-electron chi connectivity index (χ3n) is 6.27. The van der Waals surface area contributed by atoms with E-state index in [1.54, 1.807) is 0 Å². The van der Waals surface area contributed by atoms with Gasteiger partial charge in [-0.2, -0.15) is 17.6 Å². The Labute approximate surface area is 191 Å². The van der Waals surface area contributed by atoms with E-state index in [4.69, 9.17) is 15.2 Å². The Balaban J connectivity index is 2.11. The van der Waals surface area contributed by atoms with Gasteiger partial charge in [-0.1, -0.05) is 13.0 Å². The Hall–Kier alpha value is -3.28. The van der Waals surface area contributed by atoms with Crippen LogP contribution in [0.3, 0.4) is 0 Å². The SMILES string of the molecule is COc1c([C@@H]2[C@@H](C(=O)Nc3ccnc(C(N)=O)c3C)O[C@@](C)(C(F)(F)F)[C@@H]2C)ccc(F)c1F. The quantitative estimate of drug-likeness (QED) is 0.624. The number of hydrogen-bond acceptors (Lipinski definition) is 5. The zero-order chi connectivity index (χ0) is 25.6. The van der Waals surface area contributed by atoms with Gasteiger partial charge in [0.2, 0.25) is 5.82 Å². The zero-order valence-electron chi connectivity index (χ0n) is 18.6. The van der Waals surface area contributed by atoms with Crippen molar-refractivity contribution in [1.29, 1.82) is 0 Å². The molecule has 1 aliphatic heterocycles. The average molecular weight is 487 g/mol. The number of pyridine rings is 1.